The summed E-state index contributed by atoms with van der Waals surface area (Å²) < 4.78 is 5.14. The zero-order chi connectivity index (χ0) is 9.26. The average molecular weight is 181 g/mol. The Morgan fingerprint density at radius 2 is 2.31 bits per heavy atom. The molecule has 0 spiro atoms. The quantitative estimate of drug-likeness (QED) is 0.754. The molecule has 4 heteroatoms. The van der Waals surface area contributed by atoms with Gasteiger partial charge in [0.25, 0.3) is 0 Å². The van der Waals surface area contributed by atoms with Gasteiger partial charge in [0, 0.05) is 12.3 Å². The maximum atomic E-state index is 5.14. The van der Waals surface area contributed by atoms with Crippen molar-refractivity contribution in [2.45, 2.75) is 26.2 Å². The van der Waals surface area contributed by atoms with Gasteiger partial charge in [-0.3, -0.25) is 0 Å². The molecular formula is C9H15N3O. The molecule has 13 heavy (non-hydrogen) atoms. The first-order valence-electron chi connectivity index (χ1n) is 4.79. The molecule has 0 unspecified atom stereocenters. The van der Waals surface area contributed by atoms with Gasteiger partial charge < -0.3 is 9.84 Å². The summed E-state index contributed by atoms with van der Waals surface area (Å²) in [7, 11) is 0. The van der Waals surface area contributed by atoms with Gasteiger partial charge in [0.15, 0.2) is 5.82 Å². The van der Waals surface area contributed by atoms with Crippen molar-refractivity contribution < 1.29 is 4.52 Å². The number of hydrogen-bond acceptors (Lipinski definition) is 4. The Labute approximate surface area is 77.7 Å². The number of nitrogens with one attached hydrogen (secondary N) is 1. The van der Waals surface area contributed by atoms with Crippen LogP contribution in [0.3, 0.4) is 0 Å². The van der Waals surface area contributed by atoms with Gasteiger partial charge in [-0.25, -0.2) is 0 Å². The van der Waals surface area contributed by atoms with Crippen LogP contribution in [0.25, 0.3) is 0 Å². The first-order valence-corrected chi connectivity index (χ1v) is 4.79. The molecule has 72 valence electrons. The van der Waals surface area contributed by atoms with Gasteiger partial charge in [-0.1, -0.05) is 19.0 Å². The summed E-state index contributed by atoms with van der Waals surface area (Å²) in [6, 6.07) is 0. The molecule has 4 nitrogen and oxygen atoms in total. The third-order valence-corrected chi connectivity index (χ3v) is 2.33. The summed E-state index contributed by atoms with van der Waals surface area (Å²) in [6.45, 7) is 6.30. The minimum absolute atomic E-state index is 0.358. The zero-order valence-corrected chi connectivity index (χ0v) is 8.08. The second-order valence-corrected chi connectivity index (χ2v) is 3.93. The smallest absolute Gasteiger partial charge is 0.227 e. The molecule has 0 aromatic carbocycles. The lowest BCUT2D eigenvalue weighted by Crippen LogP contribution is -2.43. The summed E-state index contributed by atoms with van der Waals surface area (Å²) >= 11 is 0. The van der Waals surface area contributed by atoms with Crippen molar-refractivity contribution in [3.63, 3.8) is 0 Å². The van der Waals surface area contributed by atoms with Gasteiger partial charge in [0.1, 0.15) is 0 Å². The van der Waals surface area contributed by atoms with Crippen molar-refractivity contribution in [2.24, 2.45) is 5.92 Å². The van der Waals surface area contributed by atoms with Crippen molar-refractivity contribution in [3.8, 4) is 0 Å². The van der Waals surface area contributed by atoms with E-state index in [4.69, 9.17) is 4.52 Å². The zero-order valence-electron chi connectivity index (χ0n) is 8.08. The normalized spacial score (nSPS) is 17.8. The lowest BCUT2D eigenvalue weighted by molar-refractivity contribution is 0.294. The predicted molar refractivity (Wildman–Crippen MR) is 48.5 cm³/mol. The van der Waals surface area contributed by atoms with E-state index in [1.807, 2.05) is 0 Å². The van der Waals surface area contributed by atoms with Gasteiger partial charge in [-0.2, -0.15) is 4.98 Å². The molecule has 1 aromatic heterocycles. The Kier molecular flexibility index (Phi) is 2.31. The summed E-state index contributed by atoms with van der Waals surface area (Å²) in [5.41, 5.74) is 0. The molecule has 0 aliphatic carbocycles. The van der Waals surface area contributed by atoms with Crippen LogP contribution in [0.2, 0.25) is 0 Å². The molecule has 0 bridgehead atoms. The Bertz CT molecular complexity index is 278. The van der Waals surface area contributed by atoms with E-state index in [9.17, 15) is 0 Å². The third-order valence-electron chi connectivity index (χ3n) is 2.33. The van der Waals surface area contributed by atoms with Crippen molar-refractivity contribution >= 4 is 0 Å². The standard InChI is InChI=1S/C9H15N3O/c1-6(2)9-11-8(13-12-9)3-7-4-10-5-7/h6-7,10H,3-5H2,1-2H3. The summed E-state index contributed by atoms with van der Waals surface area (Å²) in [4.78, 5) is 4.33. The van der Waals surface area contributed by atoms with Crippen LogP contribution in [0.15, 0.2) is 4.52 Å². The number of aromatic nitrogens is 2. The molecule has 0 atom stereocenters. The molecular weight excluding hydrogens is 166 g/mol. The molecule has 0 saturated carbocycles. The van der Waals surface area contributed by atoms with Crippen molar-refractivity contribution in [3.05, 3.63) is 11.7 Å². The molecule has 1 aromatic rings. The lowest BCUT2D eigenvalue weighted by Gasteiger charge is -2.25. The number of hydrogen-bond donors (Lipinski definition) is 1. The fourth-order valence-corrected chi connectivity index (χ4v) is 1.33. The van der Waals surface area contributed by atoms with E-state index >= 15 is 0 Å². The second kappa shape index (κ2) is 3.46. The van der Waals surface area contributed by atoms with Crippen LogP contribution in [0.5, 0.6) is 0 Å². The van der Waals surface area contributed by atoms with E-state index in [1.165, 1.54) is 0 Å². The van der Waals surface area contributed by atoms with Gasteiger partial charge in [-0.05, 0) is 19.0 Å². The van der Waals surface area contributed by atoms with Gasteiger partial charge in [0.2, 0.25) is 5.89 Å². The van der Waals surface area contributed by atoms with E-state index in [0.29, 0.717) is 11.8 Å². The molecule has 0 amide bonds. The fourth-order valence-electron chi connectivity index (χ4n) is 1.33. The van der Waals surface area contributed by atoms with Crippen LogP contribution in [0.4, 0.5) is 0 Å². The highest BCUT2D eigenvalue weighted by Crippen LogP contribution is 2.14. The summed E-state index contributed by atoms with van der Waals surface area (Å²) in [5.74, 6) is 2.66. The fraction of sp³-hybridized carbons (Fsp3) is 0.778. The molecule has 1 saturated heterocycles. The van der Waals surface area contributed by atoms with Crippen LogP contribution in [0.1, 0.15) is 31.5 Å². The predicted octanol–water partition coefficient (Wildman–Crippen LogP) is 0.955. The van der Waals surface area contributed by atoms with Crippen molar-refractivity contribution in [1.29, 1.82) is 0 Å². The highest BCUT2D eigenvalue weighted by atomic mass is 16.5. The summed E-state index contributed by atoms with van der Waals surface area (Å²) in [5, 5.41) is 7.14. The molecule has 1 N–H and O–H groups in total. The van der Waals surface area contributed by atoms with Crippen LogP contribution < -0.4 is 5.32 Å². The van der Waals surface area contributed by atoms with Gasteiger partial charge >= 0.3 is 0 Å². The first kappa shape index (κ1) is 8.69. The van der Waals surface area contributed by atoms with E-state index in [2.05, 4.69) is 29.3 Å². The van der Waals surface area contributed by atoms with Crippen LogP contribution in [-0.2, 0) is 6.42 Å². The minimum atomic E-state index is 0.358. The maximum absolute atomic E-state index is 5.14. The third kappa shape index (κ3) is 1.88. The second-order valence-electron chi connectivity index (χ2n) is 3.93. The number of nitrogens with zero attached hydrogens (tertiary/aromatic N) is 2. The molecule has 1 aliphatic rings. The van der Waals surface area contributed by atoms with E-state index in [1.54, 1.807) is 0 Å². The average Bonchev–Trinajstić information content (AvgIpc) is 2.44. The molecule has 0 radical (unpaired) electrons. The Balaban J connectivity index is 1.96. The molecule has 2 rings (SSSR count). The molecule has 2 heterocycles. The Morgan fingerprint density at radius 1 is 1.54 bits per heavy atom. The monoisotopic (exact) mass is 181 g/mol. The van der Waals surface area contributed by atoms with Crippen LogP contribution >= 0.6 is 0 Å². The van der Waals surface area contributed by atoms with Gasteiger partial charge in [-0.15, -0.1) is 0 Å². The Hall–Kier alpha value is -0.900. The van der Waals surface area contributed by atoms with Crippen LogP contribution in [-0.4, -0.2) is 23.2 Å². The largest absolute Gasteiger partial charge is 0.339 e. The molecule has 1 fully saturated rings. The van der Waals surface area contributed by atoms with E-state index in [0.717, 1.165) is 31.2 Å². The highest BCUT2D eigenvalue weighted by molar-refractivity contribution is 4.94. The summed E-state index contributed by atoms with van der Waals surface area (Å²) in [6.07, 6.45) is 0.923. The SMILES string of the molecule is CC(C)c1noc(CC2CNC2)n1. The van der Waals surface area contributed by atoms with Crippen molar-refractivity contribution in [2.75, 3.05) is 13.1 Å². The Morgan fingerprint density at radius 3 is 2.77 bits per heavy atom. The lowest BCUT2D eigenvalue weighted by atomic mass is 10.00. The topological polar surface area (TPSA) is 51.0 Å². The number of rotatable bonds is 3. The minimum Gasteiger partial charge on any atom is -0.339 e. The van der Waals surface area contributed by atoms with Crippen molar-refractivity contribution in [1.82, 2.24) is 15.5 Å². The van der Waals surface area contributed by atoms with E-state index in [-0.39, 0.29) is 0 Å². The van der Waals surface area contributed by atoms with Gasteiger partial charge in [0.05, 0.1) is 0 Å². The molecule has 1 aliphatic heterocycles. The maximum Gasteiger partial charge on any atom is 0.227 e. The van der Waals surface area contributed by atoms with E-state index < -0.39 is 0 Å². The van der Waals surface area contributed by atoms with Crippen LogP contribution in [0, 0.1) is 5.92 Å². The highest BCUT2D eigenvalue weighted by Gasteiger charge is 2.20. The first-order chi connectivity index (χ1) is 6.25.